The Balaban J connectivity index is 1.01. The molecule has 1 aromatic heterocycles. The van der Waals surface area contributed by atoms with Crippen LogP contribution in [-0.4, -0.2) is 0 Å². The number of rotatable bonds is 7. The molecule has 0 bridgehead atoms. The van der Waals surface area contributed by atoms with Crippen molar-refractivity contribution >= 4 is 60.5 Å². The van der Waals surface area contributed by atoms with Gasteiger partial charge in [-0.05, 0) is 133 Å². The van der Waals surface area contributed by atoms with Crippen molar-refractivity contribution in [1.29, 1.82) is 0 Å². The predicted octanol–water partition coefficient (Wildman–Crippen LogP) is 16.0. The smallest absolute Gasteiger partial charge is 0.136 e. The van der Waals surface area contributed by atoms with Gasteiger partial charge in [-0.25, -0.2) is 0 Å². The van der Waals surface area contributed by atoms with E-state index in [0.29, 0.717) is 0 Å². The molecule has 0 unspecified atom stereocenters. The van der Waals surface area contributed by atoms with Crippen LogP contribution in [0.2, 0.25) is 0 Å². The molecule has 11 aromatic rings. The van der Waals surface area contributed by atoms with Crippen molar-refractivity contribution in [2.75, 3.05) is 4.90 Å². The molecule has 10 aromatic carbocycles. The van der Waals surface area contributed by atoms with Gasteiger partial charge in [0.15, 0.2) is 0 Å². The number of nitrogens with zero attached hydrogens (tertiary/aromatic N) is 1. The van der Waals surface area contributed by atoms with Crippen molar-refractivity contribution in [3.63, 3.8) is 0 Å². The van der Waals surface area contributed by atoms with E-state index < -0.39 is 0 Å². The maximum Gasteiger partial charge on any atom is 0.136 e. The van der Waals surface area contributed by atoms with Crippen LogP contribution in [-0.2, 0) is 0 Å². The lowest BCUT2D eigenvalue weighted by molar-refractivity contribution is 0.669. The third-order valence-corrected chi connectivity index (χ3v) is 11.4. The van der Waals surface area contributed by atoms with E-state index in [4.69, 9.17) is 4.42 Å². The van der Waals surface area contributed by atoms with Gasteiger partial charge in [0.1, 0.15) is 11.2 Å². The van der Waals surface area contributed by atoms with E-state index in [9.17, 15) is 0 Å². The molecule has 2 nitrogen and oxygen atoms in total. The minimum atomic E-state index is 0.894. The molecule has 0 atom stereocenters. The first-order valence-corrected chi connectivity index (χ1v) is 19.8. The van der Waals surface area contributed by atoms with Gasteiger partial charge >= 0.3 is 0 Å². The number of benzene rings is 10. The molecule has 0 spiro atoms. The van der Waals surface area contributed by atoms with E-state index in [1.54, 1.807) is 0 Å². The third-order valence-electron chi connectivity index (χ3n) is 11.4. The predicted molar refractivity (Wildman–Crippen MR) is 245 cm³/mol. The van der Waals surface area contributed by atoms with Gasteiger partial charge < -0.3 is 9.32 Å². The normalized spacial score (nSPS) is 11.4. The molecule has 0 aliphatic heterocycles. The molecular weight excluding hydrogens is 703 g/mol. The van der Waals surface area contributed by atoms with Crippen LogP contribution in [0.15, 0.2) is 229 Å². The number of furan rings is 1. The van der Waals surface area contributed by atoms with E-state index in [1.807, 2.05) is 6.07 Å². The highest BCUT2D eigenvalue weighted by Crippen LogP contribution is 2.43. The number of hydrogen-bond acceptors (Lipinski definition) is 2. The lowest BCUT2D eigenvalue weighted by Gasteiger charge is -2.26. The molecular formula is C56H37NO. The first-order valence-electron chi connectivity index (χ1n) is 19.8. The number of para-hydroxylation sites is 2. The van der Waals surface area contributed by atoms with Crippen molar-refractivity contribution in [2.45, 2.75) is 0 Å². The molecule has 0 saturated carbocycles. The van der Waals surface area contributed by atoms with Crippen molar-refractivity contribution in [2.24, 2.45) is 0 Å². The fraction of sp³-hybridized carbons (Fsp3) is 0. The molecule has 0 saturated heterocycles. The Morgan fingerprint density at radius 2 is 0.845 bits per heavy atom. The van der Waals surface area contributed by atoms with Crippen LogP contribution < -0.4 is 4.90 Å². The second-order valence-electron chi connectivity index (χ2n) is 14.9. The third kappa shape index (κ3) is 6.00. The highest BCUT2D eigenvalue weighted by molar-refractivity contribution is 6.22. The largest absolute Gasteiger partial charge is 0.456 e. The Kier molecular flexibility index (Phi) is 8.19. The summed E-state index contributed by atoms with van der Waals surface area (Å²) in [7, 11) is 0. The van der Waals surface area contributed by atoms with E-state index in [1.165, 1.54) is 43.8 Å². The average Bonchev–Trinajstić information content (AvgIpc) is 3.68. The fourth-order valence-electron chi connectivity index (χ4n) is 8.57. The molecule has 272 valence electrons. The zero-order chi connectivity index (χ0) is 38.4. The topological polar surface area (TPSA) is 16.4 Å². The highest BCUT2D eigenvalue weighted by Gasteiger charge is 2.18. The van der Waals surface area contributed by atoms with Gasteiger partial charge in [-0.2, -0.15) is 0 Å². The van der Waals surface area contributed by atoms with Gasteiger partial charge in [0.2, 0.25) is 0 Å². The standard InChI is InChI=1S/C56H37NO/c1-3-13-38(14-4-1)42-17-11-19-46(34-42)52-37-55-56(51-23-9-10-24-54(51)58-55)53-36-45(29-32-50(52)53)40-27-30-48(31-28-40)57(47-20-5-2-6-21-47)49-22-12-18-43(35-49)44-26-25-39-15-7-8-16-41(39)33-44/h1-37H. The number of fused-ring (bicyclic) bond motifs is 6. The lowest BCUT2D eigenvalue weighted by Crippen LogP contribution is -2.09. The van der Waals surface area contributed by atoms with Crippen LogP contribution >= 0.6 is 0 Å². The van der Waals surface area contributed by atoms with Crippen molar-refractivity contribution in [3.8, 4) is 44.5 Å². The summed E-state index contributed by atoms with van der Waals surface area (Å²) >= 11 is 0. The van der Waals surface area contributed by atoms with E-state index >= 15 is 0 Å². The zero-order valence-electron chi connectivity index (χ0n) is 31.7. The molecule has 0 aliphatic carbocycles. The highest BCUT2D eigenvalue weighted by atomic mass is 16.3. The van der Waals surface area contributed by atoms with Crippen LogP contribution in [0, 0.1) is 0 Å². The molecule has 0 aliphatic rings. The molecule has 1 heterocycles. The summed E-state index contributed by atoms with van der Waals surface area (Å²) in [5, 5.41) is 7.14. The molecule has 0 amide bonds. The van der Waals surface area contributed by atoms with Crippen LogP contribution in [0.1, 0.15) is 0 Å². The van der Waals surface area contributed by atoms with Gasteiger partial charge in [-0.3, -0.25) is 0 Å². The van der Waals surface area contributed by atoms with E-state index in [0.717, 1.165) is 61.3 Å². The summed E-state index contributed by atoms with van der Waals surface area (Å²) in [4.78, 5) is 2.34. The summed E-state index contributed by atoms with van der Waals surface area (Å²) < 4.78 is 6.56. The Labute approximate surface area is 337 Å². The SMILES string of the molecule is c1ccc(-c2cccc(-c3cc4oc5ccccc5c4c4cc(-c5ccc(N(c6ccccc6)c6cccc(-c7ccc8ccccc8c7)c6)cc5)ccc34)c2)cc1. The van der Waals surface area contributed by atoms with Crippen LogP contribution in [0.5, 0.6) is 0 Å². The fourth-order valence-corrected chi connectivity index (χ4v) is 8.57. The number of anilines is 3. The number of hydrogen-bond donors (Lipinski definition) is 0. The Morgan fingerprint density at radius 3 is 1.69 bits per heavy atom. The minimum Gasteiger partial charge on any atom is -0.456 e. The minimum absolute atomic E-state index is 0.894. The maximum absolute atomic E-state index is 6.56. The first kappa shape index (κ1) is 33.6. The summed E-state index contributed by atoms with van der Waals surface area (Å²) in [6.07, 6.45) is 0. The molecule has 58 heavy (non-hydrogen) atoms. The van der Waals surface area contributed by atoms with Gasteiger partial charge in [-0.1, -0.05) is 158 Å². The lowest BCUT2D eigenvalue weighted by atomic mass is 9.91. The molecule has 11 rings (SSSR count). The Hall–Kier alpha value is -7.68. The van der Waals surface area contributed by atoms with Gasteiger partial charge in [-0.15, -0.1) is 0 Å². The van der Waals surface area contributed by atoms with Crippen LogP contribution in [0.25, 0.3) is 88.0 Å². The van der Waals surface area contributed by atoms with E-state index in [-0.39, 0.29) is 0 Å². The maximum atomic E-state index is 6.56. The van der Waals surface area contributed by atoms with Crippen molar-refractivity contribution in [1.82, 2.24) is 0 Å². The average molecular weight is 740 g/mol. The van der Waals surface area contributed by atoms with Gasteiger partial charge in [0.05, 0.1) is 0 Å². The summed E-state index contributed by atoms with van der Waals surface area (Å²) in [5.41, 5.74) is 14.5. The van der Waals surface area contributed by atoms with Gasteiger partial charge in [0, 0.05) is 27.8 Å². The van der Waals surface area contributed by atoms with Gasteiger partial charge in [0.25, 0.3) is 0 Å². The Bertz CT molecular complexity index is 3270. The summed E-state index contributed by atoms with van der Waals surface area (Å²) in [6.45, 7) is 0. The molecule has 0 N–H and O–H groups in total. The second-order valence-corrected chi connectivity index (χ2v) is 14.9. The molecule has 2 heteroatoms. The van der Waals surface area contributed by atoms with Crippen molar-refractivity contribution < 1.29 is 4.42 Å². The molecule has 0 fully saturated rings. The molecule has 0 radical (unpaired) electrons. The summed E-state index contributed by atoms with van der Waals surface area (Å²) in [5.74, 6) is 0. The van der Waals surface area contributed by atoms with Crippen LogP contribution in [0.3, 0.4) is 0 Å². The first-order chi connectivity index (χ1) is 28.7. The zero-order valence-corrected chi connectivity index (χ0v) is 31.7. The monoisotopic (exact) mass is 739 g/mol. The Morgan fingerprint density at radius 1 is 0.276 bits per heavy atom. The quantitative estimate of drug-likeness (QED) is 0.162. The summed E-state index contributed by atoms with van der Waals surface area (Å²) in [6, 6.07) is 80.6. The van der Waals surface area contributed by atoms with Crippen LogP contribution in [0.4, 0.5) is 17.1 Å². The van der Waals surface area contributed by atoms with E-state index in [2.05, 4.69) is 223 Å². The van der Waals surface area contributed by atoms with Crippen molar-refractivity contribution in [3.05, 3.63) is 224 Å². The second kappa shape index (κ2) is 14.1.